The number of nitrogens with one attached hydrogen (secondary N) is 2. The topological polar surface area (TPSA) is 86.3 Å². The fourth-order valence-electron chi connectivity index (χ4n) is 4.34. The molecular weight excluding hydrogens is 465 g/mol. The van der Waals surface area contributed by atoms with Gasteiger partial charge in [0.25, 0.3) is 5.91 Å². The maximum atomic E-state index is 14.6. The summed E-state index contributed by atoms with van der Waals surface area (Å²) in [5, 5.41) is 7.35. The first-order valence-corrected chi connectivity index (χ1v) is 13.7. The average molecular weight is 496 g/mol. The number of aryl methyl sites for hydroxylation is 1. The lowest BCUT2D eigenvalue weighted by Crippen LogP contribution is -2.37. The van der Waals surface area contributed by atoms with Crippen LogP contribution in [0, 0.1) is 18.7 Å². The highest BCUT2D eigenvalue weighted by Crippen LogP contribution is 2.30. The van der Waals surface area contributed by atoms with E-state index >= 15 is 0 Å². The van der Waals surface area contributed by atoms with Gasteiger partial charge in [-0.25, -0.2) is 4.39 Å². The van der Waals surface area contributed by atoms with Crippen LogP contribution in [0.1, 0.15) is 47.2 Å². The Morgan fingerprint density at radius 2 is 1.97 bits per heavy atom. The van der Waals surface area contributed by atoms with Gasteiger partial charge in [-0.1, -0.05) is 17.2 Å². The first kappa shape index (κ1) is 24.0. The van der Waals surface area contributed by atoms with Crippen LogP contribution in [0.2, 0.25) is 0 Å². The monoisotopic (exact) mass is 495 g/mol. The number of aromatic nitrogens is 1. The standard InChI is InChI=1S/C27H30FN3O3S/c1-17-25(31-27(32)23-6-5-22(13-24(23)28)34-16-18-2-3-18)7-4-20-12-19(15-30-26(17)20)14-29-21-8-10-35(33)11-9-21/h4-7,12-13,15,18,21,29H,2-3,8-11,14,16H2,1H3,(H,31,32). The van der Waals surface area contributed by atoms with Crippen molar-refractivity contribution < 1.29 is 18.5 Å². The molecule has 0 atom stereocenters. The number of hydrogen-bond acceptors (Lipinski definition) is 5. The van der Waals surface area contributed by atoms with Crippen molar-refractivity contribution in [2.75, 3.05) is 23.4 Å². The molecule has 1 aliphatic carbocycles. The van der Waals surface area contributed by atoms with Crippen LogP contribution in [0.4, 0.5) is 10.1 Å². The maximum absolute atomic E-state index is 14.6. The number of hydrogen-bond donors (Lipinski definition) is 2. The second kappa shape index (κ2) is 10.5. The van der Waals surface area contributed by atoms with Crippen molar-refractivity contribution in [3.05, 3.63) is 65.1 Å². The normalized spacial score (nSPS) is 20.1. The number of ether oxygens (including phenoxy) is 1. The van der Waals surface area contributed by atoms with E-state index in [1.54, 1.807) is 6.07 Å². The Bertz CT molecular complexity index is 1230. The van der Waals surface area contributed by atoms with Crippen LogP contribution in [0.5, 0.6) is 5.75 Å². The zero-order chi connectivity index (χ0) is 24.4. The molecule has 184 valence electrons. The van der Waals surface area contributed by atoms with Crippen molar-refractivity contribution >= 4 is 33.7 Å². The molecule has 0 spiro atoms. The van der Waals surface area contributed by atoms with Crippen LogP contribution in [0.3, 0.4) is 0 Å². The first-order valence-electron chi connectivity index (χ1n) is 12.2. The van der Waals surface area contributed by atoms with Crippen LogP contribution >= 0.6 is 0 Å². The smallest absolute Gasteiger partial charge is 0.258 e. The van der Waals surface area contributed by atoms with Gasteiger partial charge in [-0.15, -0.1) is 0 Å². The minimum absolute atomic E-state index is 0.0239. The lowest BCUT2D eigenvalue weighted by atomic mass is 10.1. The van der Waals surface area contributed by atoms with Gasteiger partial charge in [-0.05, 0) is 61.1 Å². The number of fused-ring (bicyclic) bond motifs is 1. The molecule has 0 unspecified atom stereocenters. The van der Waals surface area contributed by atoms with Gasteiger partial charge >= 0.3 is 0 Å². The summed E-state index contributed by atoms with van der Waals surface area (Å²) in [7, 11) is 0. The molecule has 5 rings (SSSR count). The van der Waals surface area contributed by atoms with E-state index in [2.05, 4.69) is 21.7 Å². The quantitative estimate of drug-likeness (QED) is 0.442. The van der Waals surface area contributed by atoms with Gasteiger partial charge in [0, 0.05) is 48.8 Å². The summed E-state index contributed by atoms with van der Waals surface area (Å²) in [5.41, 5.74) is 3.28. The number of carbonyl (C=O) groups excluding carboxylic acids is 1. The predicted molar refractivity (Wildman–Crippen MR) is 137 cm³/mol. The minimum Gasteiger partial charge on any atom is -0.616 e. The van der Waals surface area contributed by atoms with Gasteiger partial charge in [-0.3, -0.25) is 9.78 Å². The predicted octanol–water partition coefficient (Wildman–Crippen LogP) is 4.72. The van der Waals surface area contributed by atoms with Crippen LogP contribution in [-0.4, -0.2) is 39.6 Å². The van der Waals surface area contributed by atoms with Crippen molar-refractivity contribution in [3.63, 3.8) is 0 Å². The Morgan fingerprint density at radius 1 is 1.17 bits per heavy atom. The van der Waals surface area contributed by atoms with Crippen LogP contribution in [0.25, 0.3) is 10.9 Å². The molecular formula is C27H30FN3O3S. The molecule has 2 aromatic carbocycles. The zero-order valence-electron chi connectivity index (χ0n) is 19.8. The lowest BCUT2D eigenvalue weighted by Gasteiger charge is -2.25. The maximum Gasteiger partial charge on any atom is 0.258 e. The fourth-order valence-corrected chi connectivity index (χ4v) is 5.64. The number of rotatable bonds is 8. The summed E-state index contributed by atoms with van der Waals surface area (Å²) in [4.78, 5) is 17.4. The fraction of sp³-hybridized carbons (Fsp3) is 0.407. The molecule has 2 fully saturated rings. The highest BCUT2D eigenvalue weighted by atomic mass is 32.2. The molecule has 3 aromatic rings. The summed E-state index contributed by atoms with van der Waals surface area (Å²) in [6.45, 7) is 3.20. The summed E-state index contributed by atoms with van der Waals surface area (Å²) < 4.78 is 31.7. The molecule has 8 heteroatoms. The summed E-state index contributed by atoms with van der Waals surface area (Å²) in [5.74, 6) is 1.44. The van der Waals surface area contributed by atoms with Crippen molar-refractivity contribution in [3.8, 4) is 5.75 Å². The zero-order valence-corrected chi connectivity index (χ0v) is 20.6. The molecule has 1 aromatic heterocycles. The van der Waals surface area contributed by atoms with E-state index in [0.29, 0.717) is 36.5 Å². The van der Waals surface area contributed by atoms with Gasteiger partial charge < -0.3 is 19.9 Å². The lowest BCUT2D eigenvalue weighted by molar-refractivity contribution is 0.102. The van der Waals surface area contributed by atoms with Gasteiger partial charge in [0.2, 0.25) is 0 Å². The number of anilines is 1. The SMILES string of the molecule is Cc1c(NC(=O)c2ccc(OCC3CC3)cc2F)ccc2cc(CNC3CC[S+]([O-])CC3)cnc12. The average Bonchev–Trinajstić information content (AvgIpc) is 3.69. The van der Waals surface area contributed by atoms with Crippen molar-refractivity contribution in [1.29, 1.82) is 0 Å². The molecule has 2 heterocycles. The van der Waals surface area contributed by atoms with E-state index in [4.69, 9.17) is 4.74 Å². The second-order valence-electron chi connectivity index (χ2n) is 9.51. The van der Waals surface area contributed by atoms with Crippen molar-refractivity contribution in [2.45, 2.75) is 45.2 Å². The number of benzene rings is 2. The highest BCUT2D eigenvalue weighted by molar-refractivity contribution is 7.91. The largest absolute Gasteiger partial charge is 0.616 e. The number of carbonyl (C=O) groups is 1. The summed E-state index contributed by atoms with van der Waals surface area (Å²) >= 11 is -0.661. The van der Waals surface area contributed by atoms with Crippen molar-refractivity contribution in [2.24, 2.45) is 5.92 Å². The van der Waals surface area contributed by atoms with E-state index in [-0.39, 0.29) is 5.56 Å². The van der Waals surface area contributed by atoms with Gasteiger partial charge in [0.15, 0.2) is 0 Å². The molecule has 1 saturated heterocycles. The van der Waals surface area contributed by atoms with Gasteiger partial charge in [0.1, 0.15) is 23.1 Å². The number of amides is 1. The Kier molecular flexibility index (Phi) is 7.22. The number of nitrogens with zero attached hydrogens (tertiary/aromatic N) is 1. The van der Waals surface area contributed by atoms with E-state index in [1.165, 1.54) is 12.1 Å². The summed E-state index contributed by atoms with van der Waals surface area (Å²) in [6.07, 6.45) is 6.03. The van der Waals surface area contributed by atoms with Crippen molar-refractivity contribution in [1.82, 2.24) is 10.3 Å². The molecule has 0 radical (unpaired) electrons. The summed E-state index contributed by atoms with van der Waals surface area (Å²) in [6, 6.07) is 10.6. The van der Waals surface area contributed by atoms with Crippen LogP contribution in [0.15, 0.2) is 42.6 Å². The molecule has 2 aliphatic rings. The third-order valence-corrected chi connectivity index (χ3v) is 8.14. The van der Waals surface area contributed by atoms with Gasteiger partial charge in [0.05, 0.1) is 17.7 Å². The van der Waals surface area contributed by atoms with E-state index in [9.17, 15) is 13.7 Å². The van der Waals surface area contributed by atoms with E-state index < -0.39 is 22.9 Å². The van der Waals surface area contributed by atoms with E-state index in [0.717, 1.165) is 59.2 Å². The highest BCUT2D eigenvalue weighted by Gasteiger charge is 2.23. The van der Waals surface area contributed by atoms with Crippen LogP contribution < -0.4 is 15.4 Å². The molecule has 1 amide bonds. The third-order valence-electron chi connectivity index (χ3n) is 6.76. The Balaban J connectivity index is 1.24. The minimum atomic E-state index is -0.661. The molecule has 1 saturated carbocycles. The molecule has 6 nitrogen and oxygen atoms in total. The number of pyridine rings is 1. The molecule has 35 heavy (non-hydrogen) atoms. The molecule has 1 aliphatic heterocycles. The van der Waals surface area contributed by atoms with E-state index in [1.807, 2.05) is 25.3 Å². The Morgan fingerprint density at radius 3 is 2.71 bits per heavy atom. The second-order valence-corrected chi connectivity index (χ2v) is 11.2. The Hall–Kier alpha value is -2.68. The molecule has 0 bridgehead atoms. The molecule has 2 N–H and O–H groups in total. The first-order chi connectivity index (χ1) is 17.0. The Labute approximate surface area is 207 Å². The van der Waals surface area contributed by atoms with Gasteiger partial charge in [-0.2, -0.15) is 0 Å². The third kappa shape index (κ3) is 5.94. The number of halogens is 1. The van der Waals surface area contributed by atoms with Crippen LogP contribution in [-0.2, 0) is 17.7 Å².